The zero-order chi connectivity index (χ0) is 15.7. The molecule has 0 aromatic carbocycles. The van der Waals surface area contributed by atoms with Crippen molar-refractivity contribution in [2.75, 3.05) is 5.73 Å². The van der Waals surface area contributed by atoms with Crippen molar-refractivity contribution in [3.8, 4) is 0 Å². The minimum atomic E-state index is -0.457. The van der Waals surface area contributed by atoms with E-state index in [4.69, 9.17) is 5.73 Å². The summed E-state index contributed by atoms with van der Waals surface area (Å²) >= 11 is 0. The average molecular weight is 290 g/mol. The summed E-state index contributed by atoms with van der Waals surface area (Å²) < 4.78 is 1.46. The van der Waals surface area contributed by atoms with Crippen molar-refractivity contribution < 1.29 is 4.79 Å². The molecule has 0 radical (unpaired) electrons. The number of H-pyrrole nitrogens is 1. The fourth-order valence-corrected chi connectivity index (χ4v) is 1.97. The van der Waals surface area contributed by atoms with E-state index in [1.807, 2.05) is 13.8 Å². The van der Waals surface area contributed by atoms with Gasteiger partial charge >= 0.3 is 0 Å². The zero-order valence-corrected chi connectivity index (χ0v) is 12.4. The molecule has 2 rings (SSSR count). The van der Waals surface area contributed by atoms with Crippen LogP contribution in [0.15, 0.2) is 10.9 Å². The van der Waals surface area contributed by atoms with Crippen molar-refractivity contribution in [2.24, 2.45) is 7.05 Å². The molecule has 0 aliphatic rings. The quantitative estimate of drug-likeness (QED) is 0.745. The van der Waals surface area contributed by atoms with Gasteiger partial charge in [0, 0.05) is 12.7 Å². The van der Waals surface area contributed by atoms with E-state index in [0.29, 0.717) is 5.82 Å². The first kappa shape index (κ1) is 14.8. The smallest absolute Gasteiger partial charge is 0.263 e. The van der Waals surface area contributed by atoms with E-state index in [0.717, 1.165) is 11.3 Å². The SMILES string of the molecule is Cc1cc(C(=O)N[C@H](C)c2nc(N)n[nH]2)c(=O)n(C)c1C. The van der Waals surface area contributed by atoms with Gasteiger partial charge in [-0.05, 0) is 32.4 Å². The van der Waals surface area contributed by atoms with Crippen LogP contribution in [0.5, 0.6) is 0 Å². The Kier molecular flexibility index (Phi) is 3.79. The summed E-state index contributed by atoms with van der Waals surface area (Å²) in [4.78, 5) is 28.3. The number of aromatic amines is 1. The molecule has 21 heavy (non-hydrogen) atoms. The van der Waals surface area contributed by atoms with Crippen molar-refractivity contribution in [3.63, 3.8) is 0 Å². The average Bonchev–Trinajstić information content (AvgIpc) is 2.87. The standard InChI is InChI=1S/C13H18N6O2/c1-6-5-9(12(21)19(4)8(6)3)11(20)15-7(2)10-16-13(14)18-17-10/h5,7H,1-4H3,(H,15,20)(H3,14,16,17,18)/t7-/m1/s1. The highest BCUT2D eigenvalue weighted by atomic mass is 16.2. The summed E-state index contributed by atoms with van der Waals surface area (Å²) in [6, 6.07) is 1.16. The Hall–Kier alpha value is -2.64. The fourth-order valence-electron chi connectivity index (χ4n) is 1.97. The molecule has 1 amide bonds. The van der Waals surface area contributed by atoms with E-state index in [2.05, 4.69) is 20.5 Å². The van der Waals surface area contributed by atoms with Gasteiger partial charge < -0.3 is 15.6 Å². The lowest BCUT2D eigenvalue weighted by molar-refractivity contribution is 0.0936. The molecule has 0 fully saturated rings. The largest absolute Gasteiger partial charge is 0.367 e. The van der Waals surface area contributed by atoms with Gasteiger partial charge in [-0.1, -0.05) is 0 Å². The second-order valence-corrected chi connectivity index (χ2v) is 4.96. The zero-order valence-electron chi connectivity index (χ0n) is 12.4. The lowest BCUT2D eigenvalue weighted by atomic mass is 10.1. The molecule has 112 valence electrons. The van der Waals surface area contributed by atoms with Crippen molar-refractivity contribution >= 4 is 11.9 Å². The third-order valence-electron chi connectivity index (χ3n) is 3.49. The Morgan fingerprint density at radius 1 is 1.48 bits per heavy atom. The van der Waals surface area contributed by atoms with Gasteiger partial charge in [0.2, 0.25) is 5.95 Å². The van der Waals surface area contributed by atoms with Crippen LogP contribution in [0.1, 0.15) is 40.4 Å². The number of amides is 1. The first-order chi connectivity index (χ1) is 9.81. The highest BCUT2D eigenvalue weighted by molar-refractivity contribution is 5.94. The summed E-state index contributed by atoms with van der Waals surface area (Å²) in [5.41, 5.74) is 6.88. The number of hydrogen-bond acceptors (Lipinski definition) is 5. The van der Waals surface area contributed by atoms with Gasteiger partial charge in [0.15, 0.2) is 0 Å². The van der Waals surface area contributed by atoms with Crippen LogP contribution in [0, 0.1) is 13.8 Å². The minimum absolute atomic E-state index is 0.0972. The van der Waals surface area contributed by atoms with Gasteiger partial charge in [-0.2, -0.15) is 4.98 Å². The van der Waals surface area contributed by atoms with Gasteiger partial charge in [-0.15, -0.1) is 5.10 Å². The van der Waals surface area contributed by atoms with Crippen molar-refractivity contribution in [3.05, 3.63) is 39.1 Å². The molecule has 2 heterocycles. The maximum absolute atomic E-state index is 12.3. The number of rotatable bonds is 3. The van der Waals surface area contributed by atoms with E-state index in [1.54, 1.807) is 20.0 Å². The van der Waals surface area contributed by atoms with E-state index < -0.39 is 11.9 Å². The second kappa shape index (κ2) is 5.39. The van der Waals surface area contributed by atoms with Crippen LogP contribution in [0.2, 0.25) is 0 Å². The second-order valence-electron chi connectivity index (χ2n) is 4.96. The van der Waals surface area contributed by atoms with Gasteiger partial charge in [0.05, 0.1) is 6.04 Å². The molecular formula is C13H18N6O2. The summed E-state index contributed by atoms with van der Waals surface area (Å²) in [5, 5.41) is 9.02. The first-order valence-corrected chi connectivity index (χ1v) is 6.47. The van der Waals surface area contributed by atoms with Crippen LogP contribution in [0.4, 0.5) is 5.95 Å². The molecule has 2 aromatic rings. The molecule has 0 unspecified atom stereocenters. The predicted octanol–water partition coefficient (Wildman–Crippen LogP) is 0.193. The Morgan fingerprint density at radius 3 is 2.71 bits per heavy atom. The summed E-state index contributed by atoms with van der Waals surface area (Å²) in [6.07, 6.45) is 0. The number of aryl methyl sites for hydroxylation is 1. The molecule has 0 aliphatic carbocycles. The van der Waals surface area contributed by atoms with Crippen LogP contribution in [-0.4, -0.2) is 25.7 Å². The fraction of sp³-hybridized carbons (Fsp3) is 0.385. The molecule has 1 atom stereocenters. The molecule has 8 nitrogen and oxygen atoms in total. The number of nitrogens with zero attached hydrogens (tertiary/aromatic N) is 3. The van der Waals surface area contributed by atoms with Gasteiger partial charge in [0.1, 0.15) is 11.4 Å². The van der Waals surface area contributed by atoms with Crippen molar-refractivity contribution in [1.82, 2.24) is 25.1 Å². The Morgan fingerprint density at radius 2 is 2.14 bits per heavy atom. The van der Waals surface area contributed by atoms with Crippen LogP contribution >= 0.6 is 0 Å². The monoisotopic (exact) mass is 290 g/mol. The normalized spacial score (nSPS) is 12.2. The van der Waals surface area contributed by atoms with Gasteiger partial charge in [0.25, 0.3) is 11.5 Å². The molecule has 4 N–H and O–H groups in total. The molecule has 8 heteroatoms. The third kappa shape index (κ3) is 2.78. The predicted molar refractivity (Wildman–Crippen MR) is 77.8 cm³/mol. The van der Waals surface area contributed by atoms with Crippen molar-refractivity contribution in [1.29, 1.82) is 0 Å². The number of pyridine rings is 1. The topological polar surface area (TPSA) is 119 Å². The number of nitrogens with two attached hydrogens (primary N) is 1. The maximum Gasteiger partial charge on any atom is 0.263 e. The molecule has 0 saturated carbocycles. The van der Waals surface area contributed by atoms with Crippen molar-refractivity contribution in [2.45, 2.75) is 26.8 Å². The van der Waals surface area contributed by atoms with E-state index in [-0.39, 0.29) is 17.1 Å². The molecule has 0 bridgehead atoms. The molecule has 0 spiro atoms. The Labute approximate surface area is 121 Å². The Bertz CT molecular complexity index is 746. The van der Waals surface area contributed by atoms with Gasteiger partial charge in [-0.25, -0.2) is 0 Å². The third-order valence-corrected chi connectivity index (χ3v) is 3.49. The van der Waals surface area contributed by atoms with Crippen LogP contribution < -0.4 is 16.6 Å². The first-order valence-electron chi connectivity index (χ1n) is 6.47. The number of nitrogen functional groups attached to an aromatic ring is 1. The Balaban J connectivity index is 2.27. The number of aromatic nitrogens is 4. The van der Waals surface area contributed by atoms with E-state index in [1.165, 1.54) is 4.57 Å². The minimum Gasteiger partial charge on any atom is -0.367 e. The number of anilines is 1. The molecule has 0 saturated heterocycles. The lowest BCUT2D eigenvalue weighted by Crippen LogP contribution is -2.35. The highest BCUT2D eigenvalue weighted by Crippen LogP contribution is 2.09. The van der Waals surface area contributed by atoms with E-state index >= 15 is 0 Å². The summed E-state index contributed by atoms with van der Waals surface area (Å²) in [5.74, 6) is 0.0795. The van der Waals surface area contributed by atoms with Crippen LogP contribution in [-0.2, 0) is 7.05 Å². The van der Waals surface area contributed by atoms with Crippen LogP contribution in [0.25, 0.3) is 0 Å². The maximum atomic E-state index is 12.3. The highest BCUT2D eigenvalue weighted by Gasteiger charge is 2.18. The number of hydrogen-bond donors (Lipinski definition) is 3. The number of nitrogens with one attached hydrogen (secondary N) is 2. The number of carbonyl (C=O) groups is 1. The summed E-state index contributed by atoms with van der Waals surface area (Å²) in [6.45, 7) is 5.41. The summed E-state index contributed by atoms with van der Waals surface area (Å²) in [7, 11) is 1.64. The molecule has 2 aromatic heterocycles. The van der Waals surface area contributed by atoms with Crippen LogP contribution in [0.3, 0.4) is 0 Å². The van der Waals surface area contributed by atoms with Gasteiger partial charge in [-0.3, -0.25) is 14.7 Å². The molecule has 0 aliphatic heterocycles. The lowest BCUT2D eigenvalue weighted by Gasteiger charge is -2.13. The number of carbonyl (C=O) groups excluding carboxylic acids is 1. The van der Waals surface area contributed by atoms with E-state index in [9.17, 15) is 9.59 Å². The molecular weight excluding hydrogens is 272 g/mol.